The van der Waals surface area contributed by atoms with E-state index in [-0.39, 0.29) is 5.70 Å². The molecule has 0 saturated heterocycles. The third-order valence-electron chi connectivity index (χ3n) is 1.86. The second-order valence-electron chi connectivity index (χ2n) is 2.86. The lowest BCUT2D eigenvalue weighted by atomic mass is 10.2. The fourth-order valence-electron chi connectivity index (χ4n) is 1.06. The summed E-state index contributed by atoms with van der Waals surface area (Å²) < 4.78 is 9.47. The second kappa shape index (κ2) is 5.05. The molecule has 0 aliphatic rings. The average molecular weight is 207 g/mol. The van der Waals surface area contributed by atoms with Crippen molar-refractivity contribution in [2.45, 2.75) is 0 Å². The lowest BCUT2D eigenvalue weighted by Gasteiger charge is -2.01. The van der Waals surface area contributed by atoms with Gasteiger partial charge in [-0.25, -0.2) is 4.79 Å². The van der Waals surface area contributed by atoms with Crippen molar-refractivity contribution in [3.63, 3.8) is 0 Å². The van der Waals surface area contributed by atoms with Crippen molar-refractivity contribution in [1.29, 1.82) is 0 Å². The van der Waals surface area contributed by atoms with Crippen molar-refractivity contribution in [3.8, 4) is 5.75 Å². The van der Waals surface area contributed by atoms with Gasteiger partial charge in [0, 0.05) is 0 Å². The van der Waals surface area contributed by atoms with E-state index in [2.05, 4.69) is 4.74 Å². The van der Waals surface area contributed by atoms with Crippen LogP contribution in [-0.2, 0) is 9.53 Å². The van der Waals surface area contributed by atoms with E-state index in [1.54, 1.807) is 37.5 Å². The minimum absolute atomic E-state index is 0.0719. The predicted octanol–water partition coefficient (Wildman–Crippen LogP) is 1.17. The van der Waals surface area contributed by atoms with Crippen LogP contribution < -0.4 is 10.5 Å². The third-order valence-corrected chi connectivity index (χ3v) is 1.86. The molecule has 0 unspecified atom stereocenters. The van der Waals surface area contributed by atoms with E-state index in [0.29, 0.717) is 0 Å². The Morgan fingerprint density at radius 3 is 2.33 bits per heavy atom. The van der Waals surface area contributed by atoms with Gasteiger partial charge in [0.1, 0.15) is 11.4 Å². The van der Waals surface area contributed by atoms with Crippen LogP contribution in [0, 0.1) is 0 Å². The highest BCUT2D eigenvalue weighted by atomic mass is 16.5. The van der Waals surface area contributed by atoms with E-state index in [9.17, 15) is 4.79 Å². The third kappa shape index (κ3) is 3.02. The maximum absolute atomic E-state index is 11.0. The summed E-state index contributed by atoms with van der Waals surface area (Å²) in [5.74, 6) is 0.217. The van der Waals surface area contributed by atoms with Crippen molar-refractivity contribution >= 4 is 12.0 Å². The SMILES string of the molecule is COC(=O)C(N)=Cc1ccc(OC)cc1. The van der Waals surface area contributed by atoms with E-state index >= 15 is 0 Å². The molecule has 0 spiro atoms. The lowest BCUT2D eigenvalue weighted by molar-refractivity contribution is -0.136. The number of rotatable bonds is 3. The smallest absolute Gasteiger partial charge is 0.353 e. The minimum Gasteiger partial charge on any atom is -0.497 e. The Kier molecular flexibility index (Phi) is 3.74. The van der Waals surface area contributed by atoms with Gasteiger partial charge in [0.15, 0.2) is 0 Å². The zero-order valence-corrected chi connectivity index (χ0v) is 8.69. The molecule has 0 aromatic heterocycles. The number of carbonyl (C=O) groups is 1. The Morgan fingerprint density at radius 2 is 1.87 bits per heavy atom. The minimum atomic E-state index is -0.536. The zero-order chi connectivity index (χ0) is 11.3. The van der Waals surface area contributed by atoms with Gasteiger partial charge in [-0.3, -0.25) is 0 Å². The molecule has 4 nitrogen and oxygen atoms in total. The molecular formula is C11H13NO3. The molecule has 2 N–H and O–H groups in total. The number of hydrogen-bond acceptors (Lipinski definition) is 4. The van der Waals surface area contributed by atoms with E-state index in [0.717, 1.165) is 11.3 Å². The normalized spacial score (nSPS) is 10.9. The summed E-state index contributed by atoms with van der Waals surface area (Å²) in [6.07, 6.45) is 1.55. The number of nitrogens with two attached hydrogens (primary N) is 1. The van der Waals surface area contributed by atoms with Gasteiger partial charge in [0.2, 0.25) is 0 Å². The van der Waals surface area contributed by atoms with Gasteiger partial charge < -0.3 is 15.2 Å². The Morgan fingerprint density at radius 1 is 1.27 bits per heavy atom. The van der Waals surface area contributed by atoms with Gasteiger partial charge in [-0.1, -0.05) is 12.1 Å². The highest BCUT2D eigenvalue weighted by Crippen LogP contribution is 2.13. The van der Waals surface area contributed by atoms with Gasteiger partial charge in [-0.15, -0.1) is 0 Å². The predicted molar refractivity (Wildman–Crippen MR) is 57.2 cm³/mol. The van der Waals surface area contributed by atoms with Crippen LogP contribution in [0.15, 0.2) is 30.0 Å². The number of methoxy groups -OCH3 is 2. The molecule has 0 heterocycles. The largest absolute Gasteiger partial charge is 0.497 e. The van der Waals surface area contributed by atoms with Crippen LogP contribution in [0.4, 0.5) is 0 Å². The first-order chi connectivity index (χ1) is 7.17. The van der Waals surface area contributed by atoms with Crippen LogP contribution in [0.5, 0.6) is 5.75 Å². The Hall–Kier alpha value is -1.97. The number of esters is 1. The topological polar surface area (TPSA) is 61.5 Å². The first kappa shape index (κ1) is 11.1. The molecule has 0 amide bonds. The summed E-state index contributed by atoms with van der Waals surface area (Å²) in [4.78, 5) is 11.0. The quantitative estimate of drug-likeness (QED) is 0.597. The molecule has 15 heavy (non-hydrogen) atoms. The molecule has 0 saturated carbocycles. The Balaban J connectivity index is 2.84. The summed E-state index contributed by atoms with van der Waals surface area (Å²) in [6, 6.07) is 7.18. The standard InChI is InChI=1S/C11H13NO3/c1-14-9-5-3-8(4-6-9)7-10(12)11(13)15-2/h3-7H,12H2,1-2H3. The number of ether oxygens (including phenoxy) is 2. The van der Waals surface area contributed by atoms with Crippen LogP contribution >= 0.6 is 0 Å². The highest BCUT2D eigenvalue weighted by molar-refractivity contribution is 5.92. The van der Waals surface area contributed by atoms with Gasteiger partial charge >= 0.3 is 5.97 Å². The molecule has 1 rings (SSSR count). The van der Waals surface area contributed by atoms with Crippen molar-refractivity contribution in [2.24, 2.45) is 5.73 Å². The van der Waals surface area contributed by atoms with Crippen LogP contribution in [-0.4, -0.2) is 20.2 Å². The van der Waals surface area contributed by atoms with Crippen LogP contribution in [0.2, 0.25) is 0 Å². The highest BCUT2D eigenvalue weighted by Gasteiger charge is 2.03. The van der Waals surface area contributed by atoms with Crippen molar-refractivity contribution < 1.29 is 14.3 Å². The van der Waals surface area contributed by atoms with E-state index in [1.807, 2.05) is 0 Å². The number of carbonyl (C=O) groups excluding carboxylic acids is 1. The van der Waals surface area contributed by atoms with Crippen LogP contribution in [0.3, 0.4) is 0 Å². The fraction of sp³-hybridized carbons (Fsp3) is 0.182. The van der Waals surface area contributed by atoms with E-state index in [4.69, 9.17) is 10.5 Å². The van der Waals surface area contributed by atoms with Gasteiger partial charge in [-0.05, 0) is 23.8 Å². The van der Waals surface area contributed by atoms with Crippen molar-refractivity contribution in [2.75, 3.05) is 14.2 Å². The first-order valence-electron chi connectivity index (χ1n) is 4.37. The molecule has 0 fully saturated rings. The summed E-state index contributed by atoms with van der Waals surface area (Å²) in [5.41, 5.74) is 6.38. The molecule has 0 radical (unpaired) electrons. The molecular weight excluding hydrogens is 194 g/mol. The van der Waals surface area contributed by atoms with Gasteiger partial charge in [0.05, 0.1) is 14.2 Å². The molecule has 0 atom stereocenters. The Bertz CT molecular complexity index is 368. The van der Waals surface area contributed by atoms with Gasteiger partial charge in [-0.2, -0.15) is 0 Å². The second-order valence-corrected chi connectivity index (χ2v) is 2.86. The molecule has 1 aromatic rings. The molecule has 0 aliphatic carbocycles. The molecule has 1 aromatic carbocycles. The molecule has 0 aliphatic heterocycles. The monoisotopic (exact) mass is 207 g/mol. The maximum atomic E-state index is 11.0. The summed E-state index contributed by atoms with van der Waals surface area (Å²) in [5, 5.41) is 0. The number of hydrogen-bond donors (Lipinski definition) is 1. The van der Waals surface area contributed by atoms with Crippen LogP contribution in [0.25, 0.3) is 6.08 Å². The van der Waals surface area contributed by atoms with Crippen molar-refractivity contribution in [3.05, 3.63) is 35.5 Å². The van der Waals surface area contributed by atoms with Gasteiger partial charge in [0.25, 0.3) is 0 Å². The van der Waals surface area contributed by atoms with Crippen LogP contribution in [0.1, 0.15) is 5.56 Å². The maximum Gasteiger partial charge on any atom is 0.353 e. The summed E-state index contributed by atoms with van der Waals surface area (Å²) in [6.45, 7) is 0. The number of benzene rings is 1. The molecule has 80 valence electrons. The molecule has 4 heteroatoms. The Labute approximate surface area is 88.3 Å². The van der Waals surface area contributed by atoms with E-state index < -0.39 is 5.97 Å². The first-order valence-corrected chi connectivity index (χ1v) is 4.37. The molecule has 0 bridgehead atoms. The zero-order valence-electron chi connectivity index (χ0n) is 8.69. The fourth-order valence-corrected chi connectivity index (χ4v) is 1.06. The van der Waals surface area contributed by atoms with Crippen molar-refractivity contribution in [1.82, 2.24) is 0 Å². The summed E-state index contributed by atoms with van der Waals surface area (Å²) in [7, 11) is 2.88. The van der Waals surface area contributed by atoms with E-state index in [1.165, 1.54) is 7.11 Å². The summed E-state index contributed by atoms with van der Waals surface area (Å²) >= 11 is 0. The average Bonchev–Trinajstić information content (AvgIpc) is 2.29. The lowest BCUT2D eigenvalue weighted by Crippen LogP contribution is -2.12.